The van der Waals surface area contributed by atoms with Gasteiger partial charge >= 0.3 is 0 Å². The molecule has 0 atom stereocenters. The molecule has 0 bridgehead atoms. The van der Waals surface area contributed by atoms with E-state index in [0.29, 0.717) is 39.3 Å². The Hall–Kier alpha value is -7.01. The van der Waals surface area contributed by atoms with Crippen LogP contribution in [-0.4, -0.2) is 46.5 Å². The lowest BCUT2D eigenvalue weighted by molar-refractivity contribution is 0.318. The first-order valence-corrected chi connectivity index (χ1v) is 16.3. The molecule has 8 N–H and O–H groups in total. The minimum Gasteiger partial charge on any atom is -0.508 e. The normalized spacial score (nSPS) is 11.4. The number of aryl methyl sites for hydroxylation is 2. The number of halogens is 1. The molecule has 0 fully saturated rings. The van der Waals surface area contributed by atoms with E-state index < -0.39 is 5.82 Å². The SMILES string of the molecule is COc1ccc(C)cc1-c1c(C(N)=NO)cc(F)cc1-c1ccc(O)cc1.COc1ccc(C)cc1-c1c(C(N)=NO)cccc1-c1ccc(O)cc1. The average molecular weight is 715 g/mol. The van der Waals surface area contributed by atoms with Crippen LogP contribution in [0.2, 0.25) is 0 Å². The fraction of sp³-hybridized carbons (Fsp3) is 0.0952. The van der Waals surface area contributed by atoms with Gasteiger partial charge in [-0.15, -0.1) is 0 Å². The second kappa shape index (κ2) is 16.3. The molecule has 0 aliphatic heterocycles. The minimum absolute atomic E-state index is 0.0178. The summed E-state index contributed by atoms with van der Waals surface area (Å²) in [6.45, 7) is 3.92. The highest BCUT2D eigenvalue weighted by Crippen LogP contribution is 2.42. The van der Waals surface area contributed by atoms with Crippen LogP contribution in [0.3, 0.4) is 0 Å². The van der Waals surface area contributed by atoms with Gasteiger partial charge in [-0.1, -0.05) is 76.0 Å². The molecule has 0 aromatic heterocycles. The summed E-state index contributed by atoms with van der Waals surface area (Å²) in [7, 11) is 3.15. The number of phenols is 2. The first-order valence-electron chi connectivity index (χ1n) is 16.3. The van der Waals surface area contributed by atoms with Crippen molar-refractivity contribution in [3.05, 3.63) is 143 Å². The molecule has 6 rings (SSSR count). The van der Waals surface area contributed by atoms with Crippen molar-refractivity contribution in [1.82, 2.24) is 0 Å². The predicted molar refractivity (Wildman–Crippen MR) is 206 cm³/mol. The van der Waals surface area contributed by atoms with Crippen LogP contribution in [-0.2, 0) is 0 Å². The number of nitrogens with zero attached hydrogens (tertiary/aromatic N) is 2. The van der Waals surface area contributed by atoms with E-state index in [9.17, 15) is 25.0 Å². The lowest BCUT2D eigenvalue weighted by atomic mass is 9.88. The van der Waals surface area contributed by atoms with Crippen molar-refractivity contribution in [1.29, 1.82) is 0 Å². The Balaban J connectivity index is 0.000000204. The lowest BCUT2D eigenvalue weighted by Crippen LogP contribution is -2.15. The number of aromatic hydroxyl groups is 2. The van der Waals surface area contributed by atoms with E-state index in [1.165, 1.54) is 24.3 Å². The number of nitrogens with two attached hydrogens (primary N) is 2. The third-order valence-corrected chi connectivity index (χ3v) is 8.54. The molecule has 0 amide bonds. The van der Waals surface area contributed by atoms with E-state index in [-0.39, 0.29) is 28.7 Å². The molecule has 0 saturated carbocycles. The number of methoxy groups -OCH3 is 2. The van der Waals surface area contributed by atoms with Crippen molar-refractivity contribution in [3.63, 3.8) is 0 Å². The third kappa shape index (κ3) is 8.15. The van der Waals surface area contributed by atoms with Crippen LogP contribution in [0, 0.1) is 19.7 Å². The molecule has 0 aliphatic carbocycles. The minimum atomic E-state index is -0.532. The summed E-state index contributed by atoms with van der Waals surface area (Å²) in [5.74, 6) is 0.817. The fourth-order valence-corrected chi connectivity index (χ4v) is 6.05. The van der Waals surface area contributed by atoms with E-state index in [1.54, 1.807) is 44.6 Å². The summed E-state index contributed by atoms with van der Waals surface area (Å²) in [5, 5.41) is 43.9. The lowest BCUT2D eigenvalue weighted by Gasteiger charge is -2.18. The van der Waals surface area contributed by atoms with E-state index in [2.05, 4.69) is 10.3 Å². The third-order valence-electron chi connectivity index (χ3n) is 8.54. The molecule has 0 radical (unpaired) electrons. The maximum absolute atomic E-state index is 14.4. The molecule has 6 aromatic carbocycles. The zero-order valence-corrected chi connectivity index (χ0v) is 29.5. The molecule has 10 nitrogen and oxygen atoms in total. The van der Waals surface area contributed by atoms with Crippen molar-refractivity contribution in [2.45, 2.75) is 13.8 Å². The van der Waals surface area contributed by atoms with Crippen molar-refractivity contribution in [2.75, 3.05) is 14.2 Å². The molecule has 11 heteroatoms. The van der Waals surface area contributed by atoms with Crippen LogP contribution in [0.1, 0.15) is 22.3 Å². The molecule has 0 saturated heterocycles. The molecule has 6 aromatic rings. The first-order chi connectivity index (χ1) is 25.5. The topological polar surface area (TPSA) is 176 Å². The van der Waals surface area contributed by atoms with E-state index in [0.717, 1.165) is 33.4 Å². The van der Waals surface area contributed by atoms with E-state index in [4.69, 9.17) is 20.9 Å². The van der Waals surface area contributed by atoms with Crippen LogP contribution in [0.5, 0.6) is 23.0 Å². The summed E-state index contributed by atoms with van der Waals surface area (Å²) < 4.78 is 25.4. The van der Waals surface area contributed by atoms with Gasteiger partial charge in [0.25, 0.3) is 0 Å². The summed E-state index contributed by atoms with van der Waals surface area (Å²) in [5.41, 5.74) is 20.5. The Morgan fingerprint density at radius 2 is 1.00 bits per heavy atom. The van der Waals surface area contributed by atoms with Crippen LogP contribution in [0.15, 0.2) is 126 Å². The summed E-state index contributed by atoms with van der Waals surface area (Å²) in [6, 6.07) is 33.0. The molecule has 0 aliphatic rings. The number of phenolic OH excluding ortho intramolecular Hbond substituents is 2. The Labute approximate surface area is 306 Å². The summed E-state index contributed by atoms with van der Waals surface area (Å²) in [6.07, 6.45) is 0. The molecule has 0 spiro atoms. The fourth-order valence-electron chi connectivity index (χ4n) is 6.05. The van der Waals surface area contributed by atoms with Crippen LogP contribution < -0.4 is 20.9 Å². The number of benzene rings is 6. The maximum atomic E-state index is 14.4. The van der Waals surface area contributed by atoms with Gasteiger partial charge in [-0.25, -0.2) is 4.39 Å². The van der Waals surface area contributed by atoms with Crippen molar-refractivity contribution >= 4 is 11.7 Å². The highest BCUT2D eigenvalue weighted by Gasteiger charge is 2.21. The molecular weight excluding hydrogens is 675 g/mol. The van der Waals surface area contributed by atoms with E-state index in [1.807, 2.05) is 74.5 Å². The largest absolute Gasteiger partial charge is 0.508 e. The van der Waals surface area contributed by atoms with Crippen molar-refractivity contribution in [2.24, 2.45) is 21.8 Å². The quantitative estimate of drug-likeness (QED) is 0.0394. The highest BCUT2D eigenvalue weighted by atomic mass is 19.1. The smallest absolute Gasteiger partial charge is 0.170 e. The number of rotatable bonds is 8. The van der Waals surface area contributed by atoms with Crippen molar-refractivity contribution in [3.8, 4) is 67.5 Å². The van der Waals surface area contributed by atoms with Gasteiger partial charge in [0, 0.05) is 33.4 Å². The monoisotopic (exact) mass is 714 g/mol. The van der Waals surface area contributed by atoms with Gasteiger partial charge in [0.05, 0.1) is 14.2 Å². The number of oxime groups is 2. The molecular formula is C42H39FN4O6. The molecule has 53 heavy (non-hydrogen) atoms. The molecule has 270 valence electrons. The Morgan fingerprint density at radius 1 is 0.547 bits per heavy atom. The Morgan fingerprint density at radius 3 is 1.47 bits per heavy atom. The zero-order valence-electron chi connectivity index (χ0n) is 29.5. The Bertz CT molecular complexity index is 2310. The van der Waals surface area contributed by atoms with E-state index >= 15 is 0 Å². The van der Waals surface area contributed by atoms with Crippen LogP contribution in [0.25, 0.3) is 44.5 Å². The number of hydrogen-bond donors (Lipinski definition) is 6. The first kappa shape index (κ1) is 37.3. The summed E-state index contributed by atoms with van der Waals surface area (Å²) >= 11 is 0. The van der Waals surface area contributed by atoms with Gasteiger partial charge in [0.1, 0.15) is 28.8 Å². The number of hydrogen-bond acceptors (Lipinski definition) is 8. The van der Waals surface area contributed by atoms with Gasteiger partial charge in [-0.2, -0.15) is 0 Å². The number of amidine groups is 2. The van der Waals surface area contributed by atoms with Gasteiger partial charge in [-0.3, -0.25) is 0 Å². The summed E-state index contributed by atoms with van der Waals surface area (Å²) in [4.78, 5) is 0. The second-order valence-corrected chi connectivity index (χ2v) is 12.1. The van der Waals surface area contributed by atoms with Crippen molar-refractivity contribution < 1.29 is 34.5 Å². The van der Waals surface area contributed by atoms with Crippen LogP contribution in [0.4, 0.5) is 4.39 Å². The highest BCUT2D eigenvalue weighted by molar-refractivity contribution is 6.08. The maximum Gasteiger partial charge on any atom is 0.170 e. The Kier molecular flexibility index (Phi) is 11.5. The van der Waals surface area contributed by atoms with Gasteiger partial charge < -0.3 is 41.6 Å². The van der Waals surface area contributed by atoms with Gasteiger partial charge in [0.2, 0.25) is 0 Å². The molecule has 0 heterocycles. The van der Waals surface area contributed by atoms with Crippen LogP contribution >= 0.6 is 0 Å². The average Bonchev–Trinajstić information content (AvgIpc) is 3.17. The zero-order chi connectivity index (χ0) is 38.2. The molecule has 0 unspecified atom stereocenters. The second-order valence-electron chi connectivity index (χ2n) is 12.1. The predicted octanol–water partition coefficient (Wildman–Crippen LogP) is 8.41. The van der Waals surface area contributed by atoms with Gasteiger partial charge in [-0.05, 0) is 96.8 Å². The standard InChI is InChI=1S/C21H19FN2O3.C21H20N2O3/c1-12-3-8-19(27-2)17(9-12)20-16(13-4-6-15(25)7-5-13)10-14(22)11-18(20)21(23)24-26;1-13-6-11-19(26-2)18(12-13)20-16(14-7-9-15(24)10-8-14)4-3-5-17(20)21(22)23-25/h3-11,25-26H,1-2H3,(H2,23,24);3-12,24-25H,1-2H3,(H2,22,23). The van der Waals surface area contributed by atoms with Gasteiger partial charge in [0.15, 0.2) is 11.7 Å². The number of ether oxygens (including phenoxy) is 2.